The molecule has 0 spiro atoms. The fourth-order valence-corrected chi connectivity index (χ4v) is 2.58. The van der Waals surface area contributed by atoms with Crippen LogP contribution in [0.3, 0.4) is 0 Å². The van der Waals surface area contributed by atoms with Crippen LogP contribution in [-0.2, 0) is 15.0 Å². The summed E-state index contributed by atoms with van der Waals surface area (Å²) in [6, 6.07) is 0. The summed E-state index contributed by atoms with van der Waals surface area (Å²) in [5, 5.41) is 8.83. The summed E-state index contributed by atoms with van der Waals surface area (Å²) in [7, 11) is -0.767. The Morgan fingerprint density at radius 1 is 1.53 bits per heavy atom. The van der Waals surface area contributed by atoms with Gasteiger partial charge in [0, 0.05) is 27.2 Å². The van der Waals surface area contributed by atoms with Gasteiger partial charge in [-0.2, -0.15) is 17.0 Å². The quantitative estimate of drug-likeness (QED) is 0.607. The van der Waals surface area contributed by atoms with Gasteiger partial charge in [-0.25, -0.2) is 0 Å². The molecule has 0 aromatic rings. The van der Waals surface area contributed by atoms with Crippen molar-refractivity contribution in [3.63, 3.8) is 0 Å². The highest BCUT2D eigenvalue weighted by molar-refractivity contribution is 7.86. The second kappa shape index (κ2) is 3.71. The maximum atomic E-state index is 11.6. The van der Waals surface area contributed by atoms with Gasteiger partial charge in [-0.15, -0.1) is 0 Å². The molecule has 3 N–H and O–H groups in total. The Morgan fingerprint density at radius 3 is 2.40 bits per heavy atom. The summed E-state index contributed by atoms with van der Waals surface area (Å²) in [6.07, 6.45) is 0.134. The lowest BCUT2D eigenvalue weighted by atomic mass is 10.0. The van der Waals surface area contributed by atoms with Crippen molar-refractivity contribution >= 4 is 16.2 Å². The van der Waals surface area contributed by atoms with E-state index in [9.17, 15) is 13.2 Å². The zero-order valence-corrected chi connectivity index (χ0v) is 9.49. The standard InChI is InChI=1S/C7H15N3O4S/c1-9(2)15(13,14)10-4-3-7(8,5-10)6(11)12/h3-5,8H2,1-2H3,(H,11,12)/t7-/m1/s1. The largest absolute Gasteiger partial charge is 0.480 e. The van der Waals surface area contributed by atoms with Crippen LogP contribution in [-0.4, -0.2) is 60.8 Å². The molecule has 0 aliphatic carbocycles. The van der Waals surface area contributed by atoms with Crippen LogP contribution >= 0.6 is 0 Å². The minimum absolute atomic E-state index is 0.134. The van der Waals surface area contributed by atoms with Gasteiger partial charge in [-0.1, -0.05) is 0 Å². The van der Waals surface area contributed by atoms with E-state index in [0.29, 0.717) is 0 Å². The molecule has 1 rings (SSSR count). The van der Waals surface area contributed by atoms with Gasteiger partial charge < -0.3 is 10.8 Å². The highest BCUT2D eigenvalue weighted by Crippen LogP contribution is 2.22. The Labute approximate surface area is 88.6 Å². The normalized spacial score (nSPS) is 28.5. The molecule has 8 heteroatoms. The van der Waals surface area contributed by atoms with Crippen LogP contribution in [0, 0.1) is 0 Å². The second-order valence-corrected chi connectivity index (χ2v) is 5.98. The number of hydrogen-bond donors (Lipinski definition) is 2. The predicted octanol–water partition coefficient (Wildman–Crippen LogP) is -1.72. The zero-order chi connectivity index (χ0) is 11.9. The average Bonchev–Trinajstić information content (AvgIpc) is 2.49. The van der Waals surface area contributed by atoms with Crippen molar-refractivity contribution in [3.05, 3.63) is 0 Å². The van der Waals surface area contributed by atoms with Crippen LogP contribution in [0.25, 0.3) is 0 Å². The topological polar surface area (TPSA) is 104 Å². The Bertz CT molecular complexity index is 366. The van der Waals surface area contributed by atoms with E-state index in [1.807, 2.05) is 0 Å². The molecule has 1 atom stereocenters. The van der Waals surface area contributed by atoms with E-state index in [4.69, 9.17) is 10.8 Å². The average molecular weight is 237 g/mol. The Morgan fingerprint density at radius 2 is 2.07 bits per heavy atom. The smallest absolute Gasteiger partial charge is 0.325 e. The molecular formula is C7H15N3O4S. The molecule has 0 aromatic carbocycles. The number of carbonyl (C=O) groups is 1. The Hall–Kier alpha value is -0.700. The summed E-state index contributed by atoms with van der Waals surface area (Å²) in [5.74, 6) is -1.17. The van der Waals surface area contributed by atoms with Gasteiger partial charge in [-0.05, 0) is 6.42 Å². The van der Waals surface area contributed by atoms with E-state index in [1.54, 1.807) is 0 Å². The third kappa shape index (κ3) is 2.12. The summed E-state index contributed by atoms with van der Waals surface area (Å²) in [6.45, 7) is -0.0356. The number of nitrogens with zero attached hydrogens (tertiary/aromatic N) is 2. The molecule has 0 aromatic heterocycles. The molecule has 1 fully saturated rings. The maximum Gasteiger partial charge on any atom is 0.325 e. The van der Waals surface area contributed by atoms with Crippen LogP contribution in [0.1, 0.15) is 6.42 Å². The molecule has 0 bridgehead atoms. The SMILES string of the molecule is CN(C)S(=O)(=O)N1CC[C@](N)(C(=O)O)C1. The third-order valence-corrected chi connectivity index (χ3v) is 4.37. The molecule has 1 saturated heterocycles. The number of aliphatic carboxylic acids is 1. The number of rotatable bonds is 3. The minimum Gasteiger partial charge on any atom is -0.480 e. The molecule has 0 radical (unpaired) electrons. The van der Waals surface area contributed by atoms with E-state index in [2.05, 4.69) is 0 Å². The lowest BCUT2D eigenvalue weighted by molar-refractivity contribution is -0.142. The predicted molar refractivity (Wildman–Crippen MR) is 53.4 cm³/mol. The number of hydrogen-bond acceptors (Lipinski definition) is 4. The fraction of sp³-hybridized carbons (Fsp3) is 0.857. The van der Waals surface area contributed by atoms with Crippen LogP contribution < -0.4 is 5.73 Å². The Balaban J connectivity index is 2.86. The van der Waals surface area contributed by atoms with Crippen LogP contribution in [0.15, 0.2) is 0 Å². The van der Waals surface area contributed by atoms with Gasteiger partial charge in [0.1, 0.15) is 5.54 Å². The van der Waals surface area contributed by atoms with E-state index in [1.165, 1.54) is 14.1 Å². The number of nitrogens with two attached hydrogens (primary N) is 1. The van der Waals surface area contributed by atoms with Gasteiger partial charge in [0.2, 0.25) is 0 Å². The number of carboxylic acid groups (broad SMARTS) is 1. The van der Waals surface area contributed by atoms with E-state index >= 15 is 0 Å². The Kier molecular flexibility index (Phi) is 3.06. The highest BCUT2D eigenvalue weighted by atomic mass is 32.2. The molecule has 88 valence electrons. The van der Waals surface area contributed by atoms with Crippen molar-refractivity contribution in [2.45, 2.75) is 12.0 Å². The van der Waals surface area contributed by atoms with Gasteiger partial charge >= 0.3 is 5.97 Å². The molecule has 1 heterocycles. The van der Waals surface area contributed by atoms with Crippen molar-refractivity contribution < 1.29 is 18.3 Å². The lowest BCUT2D eigenvalue weighted by Crippen LogP contribution is -2.51. The minimum atomic E-state index is -3.56. The monoisotopic (exact) mass is 237 g/mol. The first-order valence-electron chi connectivity index (χ1n) is 4.40. The summed E-state index contributed by atoms with van der Waals surface area (Å²) < 4.78 is 25.4. The van der Waals surface area contributed by atoms with Gasteiger partial charge in [0.25, 0.3) is 10.2 Å². The van der Waals surface area contributed by atoms with Crippen molar-refractivity contribution in [1.82, 2.24) is 8.61 Å². The van der Waals surface area contributed by atoms with Crippen LogP contribution in [0.2, 0.25) is 0 Å². The summed E-state index contributed by atoms with van der Waals surface area (Å²) in [4.78, 5) is 10.8. The van der Waals surface area contributed by atoms with E-state index in [0.717, 1.165) is 8.61 Å². The van der Waals surface area contributed by atoms with Crippen molar-refractivity contribution in [3.8, 4) is 0 Å². The molecule has 0 saturated carbocycles. The molecule has 7 nitrogen and oxygen atoms in total. The van der Waals surface area contributed by atoms with Crippen LogP contribution in [0.4, 0.5) is 0 Å². The zero-order valence-electron chi connectivity index (χ0n) is 8.67. The molecular weight excluding hydrogens is 222 g/mol. The van der Waals surface area contributed by atoms with Gasteiger partial charge in [-0.3, -0.25) is 4.79 Å². The summed E-state index contributed by atoms with van der Waals surface area (Å²) in [5.41, 5.74) is 4.11. The first-order chi connectivity index (χ1) is 6.70. The second-order valence-electron chi connectivity index (χ2n) is 3.84. The van der Waals surface area contributed by atoms with E-state index in [-0.39, 0.29) is 19.5 Å². The molecule has 0 amide bonds. The molecule has 1 aliphatic rings. The van der Waals surface area contributed by atoms with Crippen molar-refractivity contribution in [2.75, 3.05) is 27.2 Å². The fourth-order valence-electron chi connectivity index (χ4n) is 1.40. The van der Waals surface area contributed by atoms with E-state index < -0.39 is 21.7 Å². The molecule has 0 unspecified atom stereocenters. The molecule has 1 aliphatic heterocycles. The first kappa shape index (κ1) is 12.4. The maximum absolute atomic E-state index is 11.6. The molecule has 15 heavy (non-hydrogen) atoms. The number of carboxylic acids is 1. The highest BCUT2D eigenvalue weighted by Gasteiger charge is 2.45. The van der Waals surface area contributed by atoms with Crippen LogP contribution in [0.5, 0.6) is 0 Å². The van der Waals surface area contributed by atoms with Gasteiger partial charge in [0.15, 0.2) is 0 Å². The third-order valence-electron chi connectivity index (χ3n) is 2.48. The lowest BCUT2D eigenvalue weighted by Gasteiger charge is -2.22. The van der Waals surface area contributed by atoms with Crippen molar-refractivity contribution in [1.29, 1.82) is 0 Å². The first-order valence-corrected chi connectivity index (χ1v) is 5.80. The summed E-state index contributed by atoms with van der Waals surface area (Å²) >= 11 is 0. The van der Waals surface area contributed by atoms with Crippen molar-refractivity contribution in [2.24, 2.45) is 5.73 Å². The van der Waals surface area contributed by atoms with Gasteiger partial charge in [0.05, 0.1) is 0 Å².